The molecule has 1 atom stereocenters. The van der Waals surface area contributed by atoms with E-state index in [0.29, 0.717) is 34.6 Å². The summed E-state index contributed by atoms with van der Waals surface area (Å²) in [6.07, 6.45) is 3.94. The lowest BCUT2D eigenvalue weighted by atomic mass is 10.1. The average Bonchev–Trinajstić information content (AvgIpc) is 2.69. The largest absolute Gasteiger partial charge is 0.355 e. The molecular formula is C21H27Cl2N3O2S. The molecule has 2 aromatic rings. The number of carbonyl (C=O) groups excluding carboxylic acids is 1. The molecule has 0 bridgehead atoms. The first-order valence-corrected chi connectivity index (χ1v) is 11.4. The normalized spacial score (nSPS) is 12.0. The Hall–Kier alpha value is -1.50. The fourth-order valence-electron chi connectivity index (χ4n) is 2.77. The number of thioether (sulfide) groups is 1. The summed E-state index contributed by atoms with van der Waals surface area (Å²) < 4.78 is 1.50. The molecule has 5 nitrogen and oxygen atoms in total. The number of aromatic nitrogens is 2. The molecule has 1 N–H and O–H groups in total. The van der Waals surface area contributed by atoms with Gasteiger partial charge in [0.2, 0.25) is 5.91 Å². The smallest absolute Gasteiger partial charge is 0.254 e. The van der Waals surface area contributed by atoms with Gasteiger partial charge in [0.25, 0.3) is 5.56 Å². The Morgan fingerprint density at radius 2 is 2.03 bits per heavy atom. The first-order chi connectivity index (χ1) is 13.8. The van der Waals surface area contributed by atoms with Crippen LogP contribution in [0.25, 0.3) is 0 Å². The minimum Gasteiger partial charge on any atom is -0.355 e. The van der Waals surface area contributed by atoms with Crippen LogP contribution in [0, 0.1) is 0 Å². The van der Waals surface area contributed by atoms with Crippen LogP contribution in [0.2, 0.25) is 10.0 Å². The molecule has 1 unspecified atom stereocenters. The zero-order chi connectivity index (χ0) is 21.4. The molecule has 8 heteroatoms. The van der Waals surface area contributed by atoms with Crippen molar-refractivity contribution in [3.63, 3.8) is 0 Å². The van der Waals surface area contributed by atoms with E-state index in [0.717, 1.165) is 30.5 Å². The number of hydrogen-bond acceptors (Lipinski definition) is 4. The van der Waals surface area contributed by atoms with Crippen LogP contribution in [0.15, 0.2) is 34.2 Å². The average molecular weight is 456 g/mol. The predicted molar refractivity (Wildman–Crippen MR) is 121 cm³/mol. The zero-order valence-corrected chi connectivity index (χ0v) is 19.3. The lowest BCUT2D eigenvalue weighted by Gasteiger charge is -2.17. The highest BCUT2D eigenvalue weighted by atomic mass is 35.5. The third-order valence-corrected chi connectivity index (χ3v) is 6.47. The maximum absolute atomic E-state index is 12.8. The van der Waals surface area contributed by atoms with Gasteiger partial charge in [0.1, 0.15) is 0 Å². The lowest BCUT2D eigenvalue weighted by Crippen LogP contribution is -2.35. The number of amides is 1. The number of aryl methyl sites for hydroxylation is 1. The number of nitrogens with one attached hydrogen (secondary N) is 1. The Morgan fingerprint density at radius 3 is 2.69 bits per heavy atom. The van der Waals surface area contributed by atoms with Gasteiger partial charge in [-0.3, -0.25) is 14.2 Å². The topological polar surface area (TPSA) is 64.0 Å². The van der Waals surface area contributed by atoms with Crippen molar-refractivity contribution >= 4 is 40.9 Å². The van der Waals surface area contributed by atoms with E-state index in [1.165, 1.54) is 16.3 Å². The molecule has 158 valence electrons. The molecule has 1 heterocycles. The van der Waals surface area contributed by atoms with E-state index >= 15 is 0 Å². The quantitative estimate of drug-likeness (QED) is 0.417. The van der Waals surface area contributed by atoms with Crippen molar-refractivity contribution in [1.82, 2.24) is 14.9 Å². The van der Waals surface area contributed by atoms with Crippen LogP contribution < -0.4 is 10.9 Å². The number of benzene rings is 1. The standard InChI is InChI=1S/C21H27Cl2N3O2S/c1-4-6-7-18(29-21-25-16(5-2)13-19(27)26(21)3)20(28)24-11-10-14-8-9-15(22)12-17(14)23/h8-9,12-13,18H,4-7,10-11H2,1-3H3,(H,24,28). The molecule has 0 aliphatic heterocycles. The first kappa shape index (κ1) is 23.8. The van der Waals surface area contributed by atoms with Crippen LogP contribution in [-0.2, 0) is 24.7 Å². The number of halogens is 2. The van der Waals surface area contributed by atoms with Crippen molar-refractivity contribution in [2.45, 2.75) is 56.4 Å². The van der Waals surface area contributed by atoms with Crippen molar-refractivity contribution in [2.75, 3.05) is 6.54 Å². The van der Waals surface area contributed by atoms with Gasteiger partial charge in [-0.1, -0.05) is 67.7 Å². The molecule has 1 aromatic carbocycles. The van der Waals surface area contributed by atoms with E-state index < -0.39 is 0 Å². The molecule has 1 aromatic heterocycles. The second-order valence-corrected chi connectivity index (χ2v) is 8.82. The van der Waals surface area contributed by atoms with Crippen LogP contribution >= 0.6 is 35.0 Å². The van der Waals surface area contributed by atoms with E-state index in [2.05, 4.69) is 17.2 Å². The summed E-state index contributed by atoms with van der Waals surface area (Å²) in [7, 11) is 1.69. The minimum atomic E-state index is -0.305. The summed E-state index contributed by atoms with van der Waals surface area (Å²) in [6, 6.07) is 6.90. The number of unbranched alkanes of at least 4 members (excludes halogenated alkanes) is 1. The van der Waals surface area contributed by atoms with Crippen molar-refractivity contribution < 1.29 is 4.79 Å². The third-order valence-electron chi connectivity index (χ3n) is 4.58. The summed E-state index contributed by atoms with van der Waals surface area (Å²) >= 11 is 13.5. The summed E-state index contributed by atoms with van der Waals surface area (Å²) in [5.41, 5.74) is 1.57. The van der Waals surface area contributed by atoms with Gasteiger partial charge in [-0.05, 0) is 37.0 Å². The van der Waals surface area contributed by atoms with Crippen molar-refractivity contribution in [3.05, 3.63) is 55.9 Å². The summed E-state index contributed by atoms with van der Waals surface area (Å²) in [5, 5.41) is 4.45. The second-order valence-electron chi connectivity index (χ2n) is 6.81. The Bertz CT molecular complexity index is 902. The fraction of sp³-hybridized carbons (Fsp3) is 0.476. The summed E-state index contributed by atoms with van der Waals surface area (Å²) in [6.45, 7) is 4.53. The summed E-state index contributed by atoms with van der Waals surface area (Å²) in [4.78, 5) is 29.5. The maximum Gasteiger partial charge on any atom is 0.254 e. The van der Waals surface area contributed by atoms with Crippen molar-refractivity contribution in [2.24, 2.45) is 7.05 Å². The maximum atomic E-state index is 12.8. The Kier molecular flexibility index (Phi) is 9.53. The number of carbonyl (C=O) groups is 1. The fourth-order valence-corrected chi connectivity index (χ4v) is 4.42. The molecule has 1 amide bonds. The highest BCUT2D eigenvalue weighted by molar-refractivity contribution is 8.00. The highest BCUT2D eigenvalue weighted by Crippen LogP contribution is 2.25. The SMILES string of the molecule is CCCCC(Sc1nc(CC)cc(=O)n1C)C(=O)NCCc1ccc(Cl)cc1Cl. The molecule has 0 aliphatic carbocycles. The van der Waals surface area contributed by atoms with E-state index in [1.54, 1.807) is 25.2 Å². The lowest BCUT2D eigenvalue weighted by molar-refractivity contribution is -0.120. The van der Waals surface area contributed by atoms with Crippen LogP contribution in [0.1, 0.15) is 44.4 Å². The van der Waals surface area contributed by atoms with Gasteiger partial charge < -0.3 is 5.32 Å². The van der Waals surface area contributed by atoms with Gasteiger partial charge in [-0.2, -0.15) is 0 Å². The number of nitrogens with zero attached hydrogens (tertiary/aromatic N) is 2. The van der Waals surface area contributed by atoms with Crippen LogP contribution in [-0.4, -0.2) is 27.3 Å². The molecule has 29 heavy (non-hydrogen) atoms. The van der Waals surface area contributed by atoms with E-state index in [-0.39, 0.29) is 16.7 Å². The predicted octanol–water partition coefficient (Wildman–Crippen LogP) is 4.66. The highest BCUT2D eigenvalue weighted by Gasteiger charge is 2.21. The van der Waals surface area contributed by atoms with Gasteiger partial charge in [-0.25, -0.2) is 4.98 Å². The van der Waals surface area contributed by atoms with Gasteiger partial charge >= 0.3 is 0 Å². The Morgan fingerprint density at radius 1 is 1.28 bits per heavy atom. The monoisotopic (exact) mass is 455 g/mol. The molecule has 2 rings (SSSR count). The minimum absolute atomic E-state index is 0.0512. The van der Waals surface area contributed by atoms with Gasteiger partial charge in [0.15, 0.2) is 5.16 Å². The Balaban J connectivity index is 2.06. The van der Waals surface area contributed by atoms with Gasteiger partial charge in [0, 0.05) is 35.4 Å². The van der Waals surface area contributed by atoms with Gasteiger partial charge in [-0.15, -0.1) is 0 Å². The van der Waals surface area contributed by atoms with E-state index in [4.69, 9.17) is 23.2 Å². The third kappa shape index (κ3) is 7.05. The van der Waals surface area contributed by atoms with Crippen LogP contribution in [0.4, 0.5) is 0 Å². The van der Waals surface area contributed by atoms with Crippen LogP contribution in [0.5, 0.6) is 0 Å². The molecule has 0 saturated carbocycles. The second kappa shape index (κ2) is 11.6. The van der Waals surface area contributed by atoms with Crippen molar-refractivity contribution in [3.8, 4) is 0 Å². The van der Waals surface area contributed by atoms with Crippen molar-refractivity contribution in [1.29, 1.82) is 0 Å². The molecule has 0 spiro atoms. The molecular weight excluding hydrogens is 429 g/mol. The molecule has 0 fully saturated rings. The van der Waals surface area contributed by atoms with Gasteiger partial charge in [0.05, 0.1) is 5.25 Å². The molecule has 0 saturated heterocycles. The number of hydrogen-bond donors (Lipinski definition) is 1. The first-order valence-electron chi connectivity index (χ1n) is 9.80. The van der Waals surface area contributed by atoms with E-state index in [9.17, 15) is 9.59 Å². The van der Waals surface area contributed by atoms with Crippen LogP contribution in [0.3, 0.4) is 0 Å². The Labute approximate surface area is 186 Å². The number of rotatable bonds is 10. The molecule has 0 aliphatic rings. The molecule has 0 radical (unpaired) electrons. The van der Waals surface area contributed by atoms with E-state index in [1.807, 2.05) is 13.0 Å². The summed E-state index contributed by atoms with van der Waals surface area (Å²) in [5.74, 6) is -0.0512. The zero-order valence-electron chi connectivity index (χ0n) is 17.0.